The highest BCUT2D eigenvalue weighted by Gasteiger charge is 2.35. The first-order chi connectivity index (χ1) is 14.5. The van der Waals surface area contributed by atoms with Gasteiger partial charge >= 0.3 is 6.18 Å². The van der Waals surface area contributed by atoms with Crippen LogP contribution in [0.5, 0.6) is 0 Å². The Morgan fingerprint density at radius 3 is 2.81 bits per heavy atom. The molecular weight excluding hydrogens is 422 g/mol. The molecular formula is C17H25F4N9O. The summed E-state index contributed by atoms with van der Waals surface area (Å²) in [5, 5.41) is 8.78. The summed E-state index contributed by atoms with van der Waals surface area (Å²) in [5.41, 5.74) is 11.5. The lowest BCUT2D eigenvalue weighted by molar-refractivity contribution is -0.140. The number of allylic oxidation sites excluding steroid dienone is 1. The molecule has 1 fully saturated rings. The average Bonchev–Trinajstić information content (AvgIpc) is 3.34. The second kappa shape index (κ2) is 10.1. The number of hydrogen-bond acceptors (Lipinski definition) is 8. The van der Waals surface area contributed by atoms with Gasteiger partial charge in [-0.3, -0.25) is 4.79 Å². The van der Waals surface area contributed by atoms with E-state index in [0.717, 1.165) is 17.3 Å². The maximum absolute atomic E-state index is 14.5. The third-order valence-electron chi connectivity index (χ3n) is 4.31. The molecule has 0 bridgehead atoms. The van der Waals surface area contributed by atoms with Gasteiger partial charge in [-0.15, -0.1) is 5.10 Å². The van der Waals surface area contributed by atoms with Gasteiger partial charge in [0, 0.05) is 13.1 Å². The van der Waals surface area contributed by atoms with Crippen molar-refractivity contribution in [1.29, 1.82) is 0 Å². The molecule has 0 aromatic carbocycles. The molecule has 172 valence electrons. The van der Waals surface area contributed by atoms with E-state index in [2.05, 4.69) is 27.0 Å². The number of nitrogens with zero attached hydrogens (tertiary/aromatic N) is 5. The van der Waals surface area contributed by atoms with E-state index >= 15 is 0 Å². The Labute approximate surface area is 176 Å². The van der Waals surface area contributed by atoms with Crippen molar-refractivity contribution in [3.63, 3.8) is 0 Å². The molecule has 6 N–H and O–H groups in total. The summed E-state index contributed by atoms with van der Waals surface area (Å²) in [6.45, 7) is 4.96. The minimum atomic E-state index is -4.55. The molecule has 1 amide bonds. The zero-order chi connectivity index (χ0) is 23.2. The van der Waals surface area contributed by atoms with E-state index in [4.69, 9.17) is 11.5 Å². The van der Waals surface area contributed by atoms with Gasteiger partial charge in [0.2, 0.25) is 17.8 Å². The number of alkyl halides is 3. The van der Waals surface area contributed by atoms with E-state index in [0.29, 0.717) is 13.0 Å². The highest BCUT2D eigenvalue weighted by molar-refractivity contribution is 5.83. The van der Waals surface area contributed by atoms with E-state index in [1.54, 1.807) is 5.32 Å². The Kier molecular flexibility index (Phi) is 7.83. The summed E-state index contributed by atoms with van der Waals surface area (Å²) in [7, 11) is 0. The van der Waals surface area contributed by atoms with Gasteiger partial charge in [-0.25, -0.2) is 9.38 Å². The van der Waals surface area contributed by atoms with Crippen molar-refractivity contribution >= 4 is 29.8 Å². The molecule has 1 saturated heterocycles. The fourth-order valence-electron chi connectivity index (χ4n) is 2.85. The van der Waals surface area contributed by atoms with E-state index in [1.807, 2.05) is 6.92 Å². The summed E-state index contributed by atoms with van der Waals surface area (Å²) >= 11 is 0. The molecule has 0 spiro atoms. The van der Waals surface area contributed by atoms with E-state index in [-0.39, 0.29) is 30.7 Å². The van der Waals surface area contributed by atoms with Crippen molar-refractivity contribution < 1.29 is 22.4 Å². The fourth-order valence-corrected chi connectivity index (χ4v) is 2.85. The maximum atomic E-state index is 14.5. The van der Waals surface area contributed by atoms with Crippen molar-refractivity contribution in [2.24, 2.45) is 10.7 Å². The number of carbonyl (C=O) groups excluding carboxylic acids is 1. The predicted molar refractivity (Wildman–Crippen MR) is 108 cm³/mol. The van der Waals surface area contributed by atoms with Crippen molar-refractivity contribution in [3.8, 4) is 0 Å². The number of nitrogens with one attached hydrogen (secondary N) is 2. The number of nitrogens with two attached hydrogens (primary N) is 2. The van der Waals surface area contributed by atoms with Gasteiger partial charge in [-0.05, 0) is 19.3 Å². The van der Waals surface area contributed by atoms with Crippen LogP contribution in [0.3, 0.4) is 0 Å². The maximum Gasteiger partial charge on any atom is 0.405 e. The predicted octanol–water partition coefficient (Wildman–Crippen LogP) is 1.42. The number of carbonyl (C=O) groups is 1. The quantitative estimate of drug-likeness (QED) is 0.332. The van der Waals surface area contributed by atoms with Crippen LogP contribution < -0.4 is 22.1 Å². The van der Waals surface area contributed by atoms with Crippen molar-refractivity contribution in [2.75, 3.05) is 30.7 Å². The fraction of sp³-hybridized carbons (Fsp3) is 0.529. The van der Waals surface area contributed by atoms with Gasteiger partial charge in [0.25, 0.3) is 0 Å². The monoisotopic (exact) mass is 447 g/mol. The van der Waals surface area contributed by atoms with E-state index in [1.165, 1.54) is 4.90 Å². The number of nitrogen functional groups attached to an aromatic ring is 1. The van der Waals surface area contributed by atoms with Gasteiger partial charge < -0.3 is 27.0 Å². The number of aromatic nitrogens is 3. The number of halogens is 4. The summed E-state index contributed by atoms with van der Waals surface area (Å²) in [6, 6.07) is -1.01. The van der Waals surface area contributed by atoms with Crippen LogP contribution in [0.4, 0.5) is 29.5 Å². The van der Waals surface area contributed by atoms with E-state index in [9.17, 15) is 22.4 Å². The molecule has 0 saturated carbocycles. The molecule has 14 heteroatoms. The molecule has 0 unspecified atom stereocenters. The second-order valence-corrected chi connectivity index (χ2v) is 6.72. The Hall–Kier alpha value is -3.32. The van der Waals surface area contributed by atoms with Crippen molar-refractivity contribution in [1.82, 2.24) is 25.0 Å². The molecule has 10 nitrogen and oxygen atoms in total. The first-order valence-electron chi connectivity index (χ1n) is 9.49. The molecule has 1 atom stereocenters. The Morgan fingerprint density at radius 1 is 1.45 bits per heavy atom. The lowest BCUT2D eigenvalue weighted by Gasteiger charge is -2.26. The summed E-state index contributed by atoms with van der Waals surface area (Å²) in [6.07, 6.45) is -2.24. The number of rotatable bonds is 9. The first kappa shape index (κ1) is 24.0. The minimum absolute atomic E-state index is 0.0148. The lowest BCUT2D eigenvalue weighted by Crippen LogP contribution is -2.47. The number of anilines is 2. The Balaban J connectivity index is 2.07. The van der Waals surface area contributed by atoms with Crippen molar-refractivity contribution in [3.05, 3.63) is 18.2 Å². The molecule has 1 aliphatic rings. The molecule has 31 heavy (non-hydrogen) atoms. The molecule has 0 aliphatic carbocycles. The molecule has 2 heterocycles. The number of amides is 1. The largest absolute Gasteiger partial charge is 0.405 e. The molecule has 0 radical (unpaired) electrons. The first-order valence-corrected chi connectivity index (χ1v) is 9.49. The zero-order valence-corrected chi connectivity index (χ0v) is 16.9. The second-order valence-electron chi connectivity index (χ2n) is 6.72. The van der Waals surface area contributed by atoms with Crippen LogP contribution in [0.15, 0.2) is 23.2 Å². The van der Waals surface area contributed by atoms with E-state index < -0.39 is 36.3 Å². The Morgan fingerprint density at radius 2 is 2.16 bits per heavy atom. The average molecular weight is 447 g/mol. The number of hydrogen-bond donors (Lipinski definition) is 4. The summed E-state index contributed by atoms with van der Waals surface area (Å²) < 4.78 is 52.6. The number of likely N-dealkylation sites (tertiary alicyclic amines) is 1. The third kappa shape index (κ3) is 6.58. The lowest BCUT2D eigenvalue weighted by atomic mass is 10.2. The zero-order valence-electron chi connectivity index (χ0n) is 16.9. The van der Waals surface area contributed by atoms with Gasteiger partial charge in [-0.1, -0.05) is 13.5 Å². The SMILES string of the molecule is C=C(/N=C\C(F)=C(/N)N1CCC[C@@H]1C(=O)NCC(F)(F)F)n1nc(NCCC)nc1N. The topological polar surface area (TPSA) is 139 Å². The van der Waals surface area contributed by atoms with Crippen molar-refractivity contribution in [2.45, 2.75) is 38.4 Å². The minimum Gasteiger partial charge on any atom is -0.383 e. The number of aliphatic imine (C=N–C) groups is 1. The standard InChI is InChI=1S/C17H25F4N9O/c1-3-6-24-16-27-15(23)30(28-16)10(2)25-8-11(18)13(22)29-7-4-5-12(29)14(31)26-9-17(19,20)21/h8,12H,2-7,9,22H2,1H3,(H,26,31)(H3,23,24,27,28)/b13-11-,25-8-/t12-/m1/s1. The van der Waals surface area contributed by atoms with Gasteiger partial charge in [0.1, 0.15) is 24.2 Å². The smallest absolute Gasteiger partial charge is 0.383 e. The van der Waals surface area contributed by atoms with Crippen LogP contribution >= 0.6 is 0 Å². The molecule has 1 aliphatic heterocycles. The molecule has 1 aromatic heterocycles. The van der Waals surface area contributed by atoms with Crippen LogP contribution in [-0.4, -0.2) is 63.6 Å². The van der Waals surface area contributed by atoms with Crippen LogP contribution in [0, 0.1) is 0 Å². The highest BCUT2D eigenvalue weighted by atomic mass is 19.4. The third-order valence-corrected chi connectivity index (χ3v) is 4.31. The summed E-state index contributed by atoms with van der Waals surface area (Å²) in [4.78, 5) is 21.1. The van der Waals surface area contributed by atoms with Crippen LogP contribution in [0.25, 0.3) is 5.82 Å². The van der Waals surface area contributed by atoms with Crippen LogP contribution in [-0.2, 0) is 4.79 Å². The summed E-state index contributed by atoms with van der Waals surface area (Å²) in [5.74, 6) is -2.08. The van der Waals surface area contributed by atoms with Gasteiger partial charge in [-0.2, -0.15) is 22.8 Å². The highest BCUT2D eigenvalue weighted by Crippen LogP contribution is 2.23. The molecule has 1 aromatic rings. The molecule has 2 rings (SSSR count). The van der Waals surface area contributed by atoms with Gasteiger partial charge in [0.15, 0.2) is 5.83 Å². The Bertz CT molecular complexity index is 862. The van der Waals surface area contributed by atoms with Gasteiger partial charge in [0.05, 0.1) is 6.21 Å². The van der Waals surface area contributed by atoms with Crippen LogP contribution in [0.2, 0.25) is 0 Å². The van der Waals surface area contributed by atoms with Crippen LogP contribution in [0.1, 0.15) is 26.2 Å². The normalized spacial score (nSPS) is 17.7.